The van der Waals surface area contributed by atoms with Gasteiger partial charge in [-0.2, -0.15) is 5.10 Å². The van der Waals surface area contributed by atoms with Gasteiger partial charge in [-0.1, -0.05) is 0 Å². The summed E-state index contributed by atoms with van der Waals surface area (Å²) in [6, 6.07) is -0.736. The maximum atomic E-state index is 10.0. The zero-order chi connectivity index (χ0) is 8.15. The zero-order valence-electron chi connectivity index (χ0n) is 5.96. The number of amides is 2. The van der Waals surface area contributed by atoms with Crippen LogP contribution in [0.25, 0.3) is 0 Å². The smallest absolute Gasteiger partial charge is 0.332 e. The maximum Gasteiger partial charge on any atom is 0.332 e. The Morgan fingerprint density at radius 3 is 2.60 bits per heavy atom. The first-order valence-corrected chi connectivity index (χ1v) is 2.81. The Bertz CT molecular complexity index is 153. The van der Waals surface area contributed by atoms with E-state index < -0.39 is 12.1 Å². The molecule has 0 spiro atoms. The second-order valence-electron chi connectivity index (χ2n) is 1.91. The molecule has 10 heavy (non-hydrogen) atoms. The van der Waals surface area contributed by atoms with Gasteiger partial charge in [-0.15, -0.1) is 0 Å². The van der Waals surface area contributed by atoms with Crippen molar-refractivity contribution in [3.05, 3.63) is 0 Å². The number of hydrazone groups is 1. The summed E-state index contributed by atoms with van der Waals surface area (Å²) < 4.78 is 0. The van der Waals surface area contributed by atoms with E-state index >= 15 is 0 Å². The van der Waals surface area contributed by atoms with Crippen LogP contribution in [0.15, 0.2) is 5.10 Å². The van der Waals surface area contributed by atoms with Crippen molar-refractivity contribution in [3.8, 4) is 0 Å². The van der Waals surface area contributed by atoms with Crippen LogP contribution in [0.4, 0.5) is 4.79 Å². The molecule has 0 unspecified atom stereocenters. The lowest BCUT2D eigenvalue weighted by molar-refractivity contribution is 0.248. The minimum atomic E-state index is -0.736. The Morgan fingerprint density at radius 1 is 1.80 bits per heavy atom. The largest absolute Gasteiger partial charge is 0.387 e. The SMILES string of the molecule is C/C(=N\NC(N)=O)[C@H](C)O. The summed E-state index contributed by atoms with van der Waals surface area (Å²) in [6.45, 7) is 3.13. The number of carbonyl (C=O) groups excluding carboxylic acids is 1. The van der Waals surface area contributed by atoms with Crippen LogP contribution in [0.2, 0.25) is 0 Å². The van der Waals surface area contributed by atoms with Gasteiger partial charge in [0, 0.05) is 0 Å². The first-order valence-electron chi connectivity index (χ1n) is 2.81. The lowest BCUT2D eigenvalue weighted by atomic mass is 10.3. The van der Waals surface area contributed by atoms with Crippen LogP contribution in [0.3, 0.4) is 0 Å². The van der Waals surface area contributed by atoms with Gasteiger partial charge in [-0.05, 0) is 13.8 Å². The Kier molecular flexibility index (Phi) is 3.42. The van der Waals surface area contributed by atoms with Gasteiger partial charge in [0.05, 0.1) is 11.8 Å². The van der Waals surface area contributed by atoms with Crippen molar-refractivity contribution in [1.29, 1.82) is 0 Å². The number of nitrogens with one attached hydrogen (secondary N) is 1. The Balaban J connectivity index is 3.80. The summed E-state index contributed by atoms with van der Waals surface area (Å²) in [4.78, 5) is 10.0. The van der Waals surface area contributed by atoms with Crippen LogP contribution in [0.5, 0.6) is 0 Å². The van der Waals surface area contributed by atoms with Crippen molar-refractivity contribution in [2.45, 2.75) is 20.0 Å². The third-order valence-electron chi connectivity index (χ3n) is 0.947. The van der Waals surface area contributed by atoms with Crippen LogP contribution in [-0.2, 0) is 0 Å². The highest BCUT2D eigenvalue weighted by Crippen LogP contribution is 1.83. The van der Waals surface area contributed by atoms with Gasteiger partial charge in [0.25, 0.3) is 0 Å². The minimum absolute atomic E-state index is 0.416. The third-order valence-corrected chi connectivity index (χ3v) is 0.947. The highest BCUT2D eigenvalue weighted by molar-refractivity contribution is 5.86. The number of hydrogen-bond donors (Lipinski definition) is 3. The van der Waals surface area contributed by atoms with Gasteiger partial charge in [-0.3, -0.25) is 0 Å². The highest BCUT2D eigenvalue weighted by atomic mass is 16.3. The van der Waals surface area contributed by atoms with E-state index in [9.17, 15) is 4.79 Å². The molecular formula is C5H11N3O2. The molecule has 0 radical (unpaired) electrons. The molecule has 5 nitrogen and oxygen atoms in total. The molecule has 0 aliphatic rings. The van der Waals surface area contributed by atoms with Crippen LogP contribution in [-0.4, -0.2) is 23.0 Å². The predicted molar refractivity (Wildman–Crippen MR) is 37.5 cm³/mol. The Hall–Kier alpha value is -1.10. The van der Waals surface area contributed by atoms with Gasteiger partial charge >= 0.3 is 6.03 Å². The molecule has 0 bridgehead atoms. The number of nitrogens with zero attached hydrogens (tertiary/aromatic N) is 1. The number of aliphatic hydroxyl groups excluding tert-OH is 1. The molecule has 0 saturated carbocycles. The number of urea groups is 1. The average Bonchev–Trinajstić information content (AvgIpc) is 1.82. The lowest BCUT2D eigenvalue weighted by Gasteiger charge is -2.01. The molecule has 4 N–H and O–H groups in total. The first-order chi connectivity index (χ1) is 4.54. The van der Waals surface area contributed by atoms with Crippen LogP contribution < -0.4 is 11.2 Å². The number of primary amides is 1. The van der Waals surface area contributed by atoms with Crippen LogP contribution >= 0.6 is 0 Å². The number of nitrogens with two attached hydrogens (primary N) is 1. The first kappa shape index (κ1) is 8.90. The monoisotopic (exact) mass is 145 g/mol. The van der Waals surface area contributed by atoms with E-state index in [1.165, 1.54) is 0 Å². The zero-order valence-corrected chi connectivity index (χ0v) is 5.96. The summed E-state index contributed by atoms with van der Waals surface area (Å²) in [5.41, 5.74) is 7.11. The van der Waals surface area contributed by atoms with Gasteiger partial charge in [0.1, 0.15) is 0 Å². The fourth-order valence-corrected chi connectivity index (χ4v) is 0.237. The molecule has 58 valence electrons. The molecule has 2 amide bonds. The molecule has 0 fully saturated rings. The molecular weight excluding hydrogens is 134 g/mol. The second kappa shape index (κ2) is 3.84. The molecule has 0 aromatic heterocycles. The van der Waals surface area contributed by atoms with E-state index in [1.54, 1.807) is 13.8 Å². The van der Waals surface area contributed by atoms with Crippen molar-refractivity contribution < 1.29 is 9.90 Å². The van der Waals surface area contributed by atoms with E-state index in [1.807, 2.05) is 5.43 Å². The van der Waals surface area contributed by atoms with Crippen molar-refractivity contribution in [2.75, 3.05) is 0 Å². The van der Waals surface area contributed by atoms with Gasteiger partial charge in [0.15, 0.2) is 0 Å². The summed E-state index contributed by atoms with van der Waals surface area (Å²) in [6.07, 6.45) is -0.660. The highest BCUT2D eigenvalue weighted by Gasteiger charge is 1.98. The molecule has 0 heterocycles. The van der Waals surface area contributed by atoms with E-state index in [2.05, 4.69) is 5.10 Å². The fourth-order valence-electron chi connectivity index (χ4n) is 0.237. The summed E-state index contributed by atoms with van der Waals surface area (Å²) >= 11 is 0. The molecule has 5 heteroatoms. The lowest BCUT2D eigenvalue weighted by Crippen LogP contribution is -2.27. The second-order valence-corrected chi connectivity index (χ2v) is 1.91. The number of rotatable bonds is 2. The molecule has 0 aromatic carbocycles. The van der Waals surface area contributed by atoms with Crippen molar-refractivity contribution >= 4 is 11.7 Å². The predicted octanol–water partition coefficient (Wildman–Crippen LogP) is -0.589. The summed E-state index contributed by atoms with van der Waals surface area (Å²) in [7, 11) is 0. The third kappa shape index (κ3) is 3.85. The van der Waals surface area contributed by atoms with E-state index in [0.717, 1.165) is 0 Å². The number of hydrogen-bond acceptors (Lipinski definition) is 3. The van der Waals surface area contributed by atoms with Gasteiger partial charge in [0.2, 0.25) is 0 Å². The molecule has 0 aromatic rings. The standard InChI is InChI=1S/C5H11N3O2/c1-3(4(2)9)7-8-5(6)10/h4,9H,1-2H3,(H3,6,8,10)/b7-3+/t4-/m0/s1. The van der Waals surface area contributed by atoms with Crippen molar-refractivity contribution in [2.24, 2.45) is 10.8 Å². The summed E-state index contributed by atoms with van der Waals surface area (Å²) in [5, 5.41) is 12.3. The van der Waals surface area contributed by atoms with E-state index in [0.29, 0.717) is 5.71 Å². The topological polar surface area (TPSA) is 87.7 Å². The average molecular weight is 145 g/mol. The molecule has 0 saturated heterocycles. The summed E-state index contributed by atoms with van der Waals surface area (Å²) in [5.74, 6) is 0. The molecule has 0 aliphatic heterocycles. The quantitative estimate of drug-likeness (QED) is 0.358. The normalized spacial score (nSPS) is 14.5. The van der Waals surface area contributed by atoms with Gasteiger partial charge < -0.3 is 10.8 Å². The van der Waals surface area contributed by atoms with Crippen LogP contribution in [0, 0.1) is 0 Å². The molecule has 1 atom stereocenters. The number of aliphatic hydroxyl groups is 1. The van der Waals surface area contributed by atoms with Crippen molar-refractivity contribution in [3.63, 3.8) is 0 Å². The minimum Gasteiger partial charge on any atom is -0.387 e. The van der Waals surface area contributed by atoms with Crippen molar-refractivity contribution in [1.82, 2.24) is 5.43 Å². The van der Waals surface area contributed by atoms with Gasteiger partial charge in [-0.25, -0.2) is 10.2 Å². The Labute approximate surface area is 58.9 Å². The molecule has 0 rings (SSSR count). The van der Waals surface area contributed by atoms with Crippen LogP contribution in [0.1, 0.15) is 13.8 Å². The molecule has 0 aliphatic carbocycles. The van der Waals surface area contributed by atoms with E-state index in [-0.39, 0.29) is 0 Å². The fraction of sp³-hybridized carbons (Fsp3) is 0.600. The maximum absolute atomic E-state index is 10.0. The number of carbonyl (C=O) groups is 1. The Morgan fingerprint density at radius 2 is 2.30 bits per heavy atom. The van der Waals surface area contributed by atoms with E-state index in [4.69, 9.17) is 10.8 Å².